The first-order chi connectivity index (χ1) is 14.1. The minimum absolute atomic E-state index is 0.0663. The van der Waals surface area contributed by atoms with Gasteiger partial charge in [-0.15, -0.1) is 0 Å². The smallest absolute Gasteiger partial charge is 0.236 e. The van der Waals surface area contributed by atoms with Gasteiger partial charge in [-0.3, -0.25) is 14.5 Å². The highest BCUT2D eigenvalue weighted by Gasteiger charge is 2.27. The molecule has 3 rings (SSSR count). The maximum absolute atomic E-state index is 12.6. The van der Waals surface area contributed by atoms with Crippen molar-refractivity contribution in [2.75, 3.05) is 39.8 Å². The summed E-state index contributed by atoms with van der Waals surface area (Å²) in [5.41, 5.74) is 0.791. The standard InChI is InChI=1S/C24H30N2O3/c1-25(15-8-18-29-22-11-6-3-7-12-22)23(27)19-26-16-13-21(14-17-26)24(28)20-9-4-2-5-10-20/h2-7,9-12,21H,8,13-19H2,1H3. The summed E-state index contributed by atoms with van der Waals surface area (Å²) in [6, 6.07) is 19.2. The van der Waals surface area contributed by atoms with E-state index in [4.69, 9.17) is 4.74 Å². The van der Waals surface area contributed by atoms with Crippen molar-refractivity contribution >= 4 is 11.7 Å². The maximum atomic E-state index is 12.6. The maximum Gasteiger partial charge on any atom is 0.236 e. The van der Waals surface area contributed by atoms with E-state index in [1.807, 2.05) is 67.7 Å². The topological polar surface area (TPSA) is 49.9 Å². The molecule has 0 spiro atoms. The van der Waals surface area contributed by atoms with Gasteiger partial charge in [0, 0.05) is 25.1 Å². The lowest BCUT2D eigenvalue weighted by atomic mass is 9.89. The molecule has 0 radical (unpaired) electrons. The van der Waals surface area contributed by atoms with Gasteiger partial charge in [0.25, 0.3) is 0 Å². The molecule has 1 saturated heterocycles. The Bertz CT molecular complexity index is 771. The first-order valence-electron chi connectivity index (χ1n) is 10.4. The third-order valence-electron chi connectivity index (χ3n) is 5.45. The first kappa shape index (κ1) is 21.1. The zero-order chi connectivity index (χ0) is 20.5. The number of Topliss-reactive ketones (excluding diaryl/α,β-unsaturated/α-hetero) is 1. The summed E-state index contributed by atoms with van der Waals surface area (Å²) in [5.74, 6) is 1.27. The predicted molar refractivity (Wildman–Crippen MR) is 114 cm³/mol. The number of hydrogen-bond donors (Lipinski definition) is 0. The average molecular weight is 395 g/mol. The zero-order valence-electron chi connectivity index (χ0n) is 17.1. The Balaban J connectivity index is 1.34. The summed E-state index contributed by atoms with van der Waals surface area (Å²) >= 11 is 0. The van der Waals surface area contributed by atoms with Crippen LogP contribution in [0, 0.1) is 5.92 Å². The summed E-state index contributed by atoms with van der Waals surface area (Å²) in [6.07, 6.45) is 2.43. The van der Waals surface area contributed by atoms with Crippen LogP contribution in [0.4, 0.5) is 0 Å². The first-order valence-corrected chi connectivity index (χ1v) is 10.4. The van der Waals surface area contributed by atoms with E-state index in [0.29, 0.717) is 19.7 Å². The quantitative estimate of drug-likeness (QED) is 0.482. The van der Waals surface area contributed by atoms with Crippen LogP contribution in [0.3, 0.4) is 0 Å². The van der Waals surface area contributed by atoms with Crippen LogP contribution in [0.1, 0.15) is 29.6 Å². The molecule has 1 heterocycles. The molecule has 0 atom stereocenters. The molecule has 5 nitrogen and oxygen atoms in total. The van der Waals surface area contributed by atoms with Gasteiger partial charge in [-0.2, -0.15) is 0 Å². The Labute approximate surface area is 173 Å². The van der Waals surface area contributed by atoms with E-state index in [1.165, 1.54) is 0 Å². The SMILES string of the molecule is CN(CCCOc1ccccc1)C(=O)CN1CCC(C(=O)c2ccccc2)CC1. The highest BCUT2D eigenvalue weighted by atomic mass is 16.5. The molecule has 1 aliphatic heterocycles. The molecule has 29 heavy (non-hydrogen) atoms. The Morgan fingerprint density at radius 2 is 1.62 bits per heavy atom. The van der Waals surface area contributed by atoms with Crippen molar-refractivity contribution in [1.82, 2.24) is 9.80 Å². The third kappa shape index (κ3) is 6.43. The largest absolute Gasteiger partial charge is 0.494 e. The molecule has 0 unspecified atom stereocenters. The zero-order valence-corrected chi connectivity index (χ0v) is 17.1. The lowest BCUT2D eigenvalue weighted by Gasteiger charge is -2.32. The number of carbonyl (C=O) groups excluding carboxylic acids is 2. The Morgan fingerprint density at radius 1 is 1.00 bits per heavy atom. The van der Waals surface area contributed by atoms with Crippen LogP contribution >= 0.6 is 0 Å². The average Bonchev–Trinajstić information content (AvgIpc) is 2.78. The van der Waals surface area contributed by atoms with Gasteiger partial charge in [0.05, 0.1) is 13.2 Å². The van der Waals surface area contributed by atoms with Crippen molar-refractivity contribution < 1.29 is 14.3 Å². The third-order valence-corrected chi connectivity index (χ3v) is 5.45. The Morgan fingerprint density at radius 3 is 2.28 bits per heavy atom. The lowest BCUT2D eigenvalue weighted by molar-refractivity contribution is -0.131. The second-order valence-corrected chi connectivity index (χ2v) is 7.61. The van der Waals surface area contributed by atoms with E-state index in [9.17, 15) is 9.59 Å². The summed E-state index contributed by atoms with van der Waals surface area (Å²) in [4.78, 5) is 29.0. The molecule has 2 aromatic carbocycles. The van der Waals surface area contributed by atoms with Crippen LogP contribution < -0.4 is 4.74 Å². The number of hydrogen-bond acceptors (Lipinski definition) is 4. The fourth-order valence-corrected chi connectivity index (χ4v) is 3.64. The molecule has 0 saturated carbocycles. The van der Waals surface area contributed by atoms with Gasteiger partial charge in [0.2, 0.25) is 5.91 Å². The molecule has 1 aliphatic rings. The molecular formula is C24H30N2O3. The number of para-hydroxylation sites is 1. The number of nitrogens with zero attached hydrogens (tertiary/aromatic N) is 2. The van der Waals surface area contributed by atoms with Gasteiger partial charge >= 0.3 is 0 Å². The Hall–Kier alpha value is -2.66. The van der Waals surface area contributed by atoms with Crippen LogP contribution in [0.2, 0.25) is 0 Å². The van der Waals surface area contributed by atoms with Crippen LogP contribution in [-0.4, -0.2) is 61.3 Å². The van der Waals surface area contributed by atoms with Crippen molar-refractivity contribution in [2.45, 2.75) is 19.3 Å². The van der Waals surface area contributed by atoms with Gasteiger partial charge in [0.15, 0.2) is 5.78 Å². The van der Waals surface area contributed by atoms with E-state index in [0.717, 1.165) is 43.7 Å². The second-order valence-electron chi connectivity index (χ2n) is 7.61. The highest BCUT2D eigenvalue weighted by molar-refractivity contribution is 5.97. The van der Waals surface area contributed by atoms with Crippen LogP contribution in [0.25, 0.3) is 0 Å². The molecule has 0 bridgehead atoms. The number of benzene rings is 2. The van der Waals surface area contributed by atoms with Crippen LogP contribution in [0.5, 0.6) is 5.75 Å². The monoisotopic (exact) mass is 394 g/mol. The number of rotatable bonds is 9. The van der Waals surface area contributed by atoms with Crippen molar-refractivity contribution in [3.05, 3.63) is 66.2 Å². The molecule has 1 amide bonds. The summed E-state index contributed by atoms with van der Waals surface area (Å²) in [7, 11) is 1.84. The predicted octanol–water partition coefficient (Wildman–Crippen LogP) is 3.51. The van der Waals surface area contributed by atoms with Crippen molar-refractivity contribution in [2.24, 2.45) is 5.92 Å². The number of ether oxygens (including phenoxy) is 1. The van der Waals surface area contributed by atoms with E-state index in [1.54, 1.807) is 4.90 Å². The molecule has 154 valence electrons. The van der Waals surface area contributed by atoms with Crippen LogP contribution in [0.15, 0.2) is 60.7 Å². The van der Waals surface area contributed by atoms with E-state index < -0.39 is 0 Å². The number of carbonyl (C=O) groups is 2. The number of likely N-dealkylation sites (N-methyl/N-ethyl adjacent to an activating group) is 1. The highest BCUT2D eigenvalue weighted by Crippen LogP contribution is 2.21. The van der Waals surface area contributed by atoms with Crippen LogP contribution in [-0.2, 0) is 4.79 Å². The number of amides is 1. The fraction of sp³-hybridized carbons (Fsp3) is 0.417. The van der Waals surface area contributed by atoms with Crippen molar-refractivity contribution in [1.29, 1.82) is 0 Å². The molecular weight excluding hydrogens is 364 g/mol. The fourth-order valence-electron chi connectivity index (χ4n) is 3.64. The van der Waals surface area contributed by atoms with Gasteiger partial charge in [-0.1, -0.05) is 48.5 Å². The van der Waals surface area contributed by atoms with E-state index in [-0.39, 0.29) is 17.6 Å². The number of likely N-dealkylation sites (tertiary alicyclic amines) is 1. The van der Waals surface area contributed by atoms with Crippen molar-refractivity contribution in [3.63, 3.8) is 0 Å². The van der Waals surface area contributed by atoms with E-state index in [2.05, 4.69) is 4.90 Å². The second kappa shape index (κ2) is 10.8. The summed E-state index contributed by atoms with van der Waals surface area (Å²) in [6.45, 7) is 3.27. The van der Waals surface area contributed by atoms with Gasteiger partial charge in [-0.25, -0.2) is 0 Å². The number of piperidine rings is 1. The normalized spacial score (nSPS) is 15.1. The molecule has 1 fully saturated rings. The Kier molecular flexibility index (Phi) is 7.82. The lowest BCUT2D eigenvalue weighted by Crippen LogP contribution is -2.43. The van der Waals surface area contributed by atoms with Gasteiger partial charge in [0.1, 0.15) is 5.75 Å². The number of ketones is 1. The molecule has 0 aliphatic carbocycles. The summed E-state index contributed by atoms with van der Waals surface area (Å²) < 4.78 is 5.68. The minimum Gasteiger partial charge on any atom is -0.494 e. The molecule has 0 aromatic heterocycles. The molecule has 0 N–H and O–H groups in total. The molecule has 5 heteroatoms. The minimum atomic E-state index is 0.0663. The van der Waals surface area contributed by atoms with Gasteiger partial charge in [-0.05, 0) is 44.5 Å². The van der Waals surface area contributed by atoms with E-state index >= 15 is 0 Å². The summed E-state index contributed by atoms with van der Waals surface area (Å²) in [5, 5.41) is 0. The molecule has 2 aromatic rings. The van der Waals surface area contributed by atoms with Crippen molar-refractivity contribution in [3.8, 4) is 5.75 Å². The van der Waals surface area contributed by atoms with Gasteiger partial charge < -0.3 is 9.64 Å².